The monoisotopic (exact) mass is 354 g/mol. The van der Waals surface area contributed by atoms with Gasteiger partial charge in [-0.3, -0.25) is 0 Å². The summed E-state index contributed by atoms with van der Waals surface area (Å²) in [6, 6.07) is 1.29. The molecule has 21 heavy (non-hydrogen) atoms. The summed E-state index contributed by atoms with van der Waals surface area (Å²) in [6.45, 7) is 2.13. The maximum absolute atomic E-state index is 13.2. The fourth-order valence-corrected chi connectivity index (χ4v) is 5.56. The molecule has 2 rings (SSSR count). The lowest BCUT2D eigenvalue weighted by molar-refractivity contribution is 0.227. The summed E-state index contributed by atoms with van der Waals surface area (Å²) in [5.41, 5.74) is 5.90. The number of nitrogens with zero attached hydrogens (tertiary/aromatic N) is 1. The van der Waals surface area contributed by atoms with Crippen LogP contribution in [0, 0.1) is 5.82 Å². The fraction of sp³-hybridized carbons (Fsp3) is 0.538. The number of nitrogens with two attached hydrogens (primary N) is 1. The van der Waals surface area contributed by atoms with Crippen LogP contribution in [0.25, 0.3) is 0 Å². The van der Waals surface area contributed by atoms with E-state index in [1.807, 2.05) is 0 Å². The van der Waals surface area contributed by atoms with Crippen molar-refractivity contribution in [3.63, 3.8) is 0 Å². The predicted molar refractivity (Wildman–Crippen MR) is 81.6 cm³/mol. The Balaban J connectivity index is 2.51. The molecule has 0 radical (unpaired) electrons. The first kappa shape index (κ1) is 17.0. The van der Waals surface area contributed by atoms with Gasteiger partial charge >= 0.3 is 0 Å². The lowest BCUT2D eigenvalue weighted by Gasteiger charge is -2.37. The Morgan fingerprint density at radius 1 is 1.33 bits per heavy atom. The van der Waals surface area contributed by atoms with E-state index >= 15 is 0 Å². The van der Waals surface area contributed by atoms with Crippen molar-refractivity contribution in [2.45, 2.75) is 43.2 Å². The first-order valence-electron chi connectivity index (χ1n) is 6.67. The molecule has 8 heteroatoms. The normalized spacial score (nSPS) is 22.2. The summed E-state index contributed by atoms with van der Waals surface area (Å²) in [6.07, 6.45) is 2.36. The maximum atomic E-state index is 13.2. The highest BCUT2D eigenvalue weighted by molar-refractivity contribution is 7.89. The molecule has 0 saturated carbocycles. The number of rotatable bonds is 3. The minimum absolute atomic E-state index is 0.214. The van der Waals surface area contributed by atoms with E-state index in [9.17, 15) is 12.8 Å². The Hall–Kier alpha value is -0.400. The lowest BCUT2D eigenvalue weighted by atomic mass is 10.00. The molecule has 2 atom stereocenters. The van der Waals surface area contributed by atoms with Gasteiger partial charge in [0.15, 0.2) is 0 Å². The number of benzene rings is 1. The van der Waals surface area contributed by atoms with Crippen molar-refractivity contribution in [1.82, 2.24) is 4.31 Å². The Morgan fingerprint density at radius 2 is 1.90 bits per heavy atom. The number of sulfonamides is 1. The van der Waals surface area contributed by atoms with Gasteiger partial charge in [-0.05, 0) is 31.9 Å². The van der Waals surface area contributed by atoms with Gasteiger partial charge in [-0.2, -0.15) is 4.31 Å². The number of piperidine rings is 1. The predicted octanol–water partition coefficient (Wildman–Crippen LogP) is 3.02. The maximum Gasteiger partial charge on any atom is 0.246 e. The number of hydrogen-bond acceptors (Lipinski definition) is 3. The average Bonchev–Trinajstić information content (AvgIpc) is 2.37. The Kier molecular flexibility index (Phi) is 5.15. The molecule has 2 N–H and O–H groups in total. The minimum Gasteiger partial charge on any atom is -0.326 e. The van der Waals surface area contributed by atoms with E-state index in [0.29, 0.717) is 13.0 Å². The molecule has 0 spiro atoms. The van der Waals surface area contributed by atoms with E-state index in [1.165, 1.54) is 4.31 Å². The van der Waals surface area contributed by atoms with E-state index < -0.39 is 15.8 Å². The van der Waals surface area contributed by atoms with Crippen LogP contribution >= 0.6 is 23.2 Å². The molecular formula is C13H17Cl2FN2O2S. The van der Waals surface area contributed by atoms with E-state index in [2.05, 4.69) is 0 Å². The topological polar surface area (TPSA) is 63.4 Å². The van der Waals surface area contributed by atoms with Crippen molar-refractivity contribution in [2.75, 3.05) is 6.54 Å². The van der Waals surface area contributed by atoms with Crippen molar-refractivity contribution < 1.29 is 12.8 Å². The zero-order valence-electron chi connectivity index (χ0n) is 11.5. The highest BCUT2D eigenvalue weighted by atomic mass is 35.5. The van der Waals surface area contributed by atoms with Crippen molar-refractivity contribution in [2.24, 2.45) is 5.73 Å². The number of halogens is 3. The van der Waals surface area contributed by atoms with Gasteiger partial charge in [0.2, 0.25) is 10.0 Å². The van der Waals surface area contributed by atoms with Gasteiger partial charge in [0.25, 0.3) is 0 Å². The Labute approximate surface area is 134 Å². The molecular weight excluding hydrogens is 338 g/mol. The second-order valence-electron chi connectivity index (χ2n) is 5.24. The van der Waals surface area contributed by atoms with Gasteiger partial charge in [0.1, 0.15) is 10.7 Å². The Morgan fingerprint density at radius 3 is 2.43 bits per heavy atom. The van der Waals surface area contributed by atoms with E-state index in [0.717, 1.165) is 25.0 Å². The van der Waals surface area contributed by atoms with Gasteiger partial charge < -0.3 is 5.73 Å². The summed E-state index contributed by atoms with van der Waals surface area (Å²) in [7, 11) is -3.91. The highest BCUT2D eigenvalue weighted by Gasteiger charge is 2.37. The third-order valence-electron chi connectivity index (χ3n) is 3.63. The molecule has 1 aliphatic rings. The van der Waals surface area contributed by atoms with Crippen LogP contribution in [0.2, 0.25) is 10.0 Å². The van der Waals surface area contributed by atoms with Gasteiger partial charge in [-0.1, -0.05) is 29.6 Å². The van der Waals surface area contributed by atoms with Crippen molar-refractivity contribution in [1.29, 1.82) is 0 Å². The van der Waals surface area contributed by atoms with Gasteiger partial charge in [-0.25, -0.2) is 12.8 Å². The third kappa shape index (κ3) is 3.35. The van der Waals surface area contributed by atoms with Crippen LogP contribution < -0.4 is 5.73 Å². The molecule has 0 aromatic heterocycles. The molecule has 2 unspecified atom stereocenters. The molecule has 1 aliphatic heterocycles. The van der Waals surface area contributed by atoms with Crippen LogP contribution in [0.3, 0.4) is 0 Å². The van der Waals surface area contributed by atoms with Crippen molar-refractivity contribution in [3.8, 4) is 0 Å². The zero-order valence-corrected chi connectivity index (χ0v) is 13.8. The molecule has 118 valence electrons. The summed E-state index contributed by atoms with van der Waals surface area (Å²) in [5, 5.41) is -0.428. The fourth-order valence-electron chi connectivity index (χ4n) is 2.65. The molecule has 4 nitrogen and oxygen atoms in total. The minimum atomic E-state index is -3.91. The number of hydrogen-bond donors (Lipinski definition) is 1. The Bertz CT molecular complexity index is 614. The van der Waals surface area contributed by atoms with Crippen molar-refractivity contribution in [3.05, 3.63) is 28.0 Å². The molecule has 1 aromatic carbocycles. The second kappa shape index (κ2) is 6.38. The van der Waals surface area contributed by atoms with Crippen LogP contribution in [0.1, 0.15) is 26.2 Å². The van der Waals surface area contributed by atoms with Gasteiger partial charge in [-0.15, -0.1) is 0 Å². The standard InChI is InChI=1S/C13H17Cl2FN2O2S/c1-8(17)12-4-2-3-5-18(12)21(19,20)13-10(14)6-9(16)7-11(13)15/h6-8,12H,2-5,17H2,1H3. The van der Waals surface area contributed by atoms with Crippen LogP contribution in [0.4, 0.5) is 4.39 Å². The first-order chi connectivity index (χ1) is 9.75. The van der Waals surface area contributed by atoms with Crippen LogP contribution in [-0.2, 0) is 10.0 Å². The van der Waals surface area contributed by atoms with E-state index in [-0.39, 0.29) is 27.0 Å². The lowest BCUT2D eigenvalue weighted by Crippen LogP contribution is -2.51. The molecule has 1 heterocycles. The quantitative estimate of drug-likeness (QED) is 0.907. The third-order valence-corrected chi connectivity index (χ3v) is 6.48. The summed E-state index contributed by atoms with van der Waals surface area (Å²) in [5.74, 6) is -0.675. The second-order valence-corrected chi connectivity index (χ2v) is 7.88. The molecule has 0 amide bonds. The van der Waals surface area contributed by atoms with E-state index in [4.69, 9.17) is 28.9 Å². The van der Waals surface area contributed by atoms with Crippen LogP contribution in [0.5, 0.6) is 0 Å². The largest absolute Gasteiger partial charge is 0.326 e. The highest BCUT2D eigenvalue weighted by Crippen LogP contribution is 2.35. The molecule has 0 aliphatic carbocycles. The van der Waals surface area contributed by atoms with Crippen LogP contribution in [0.15, 0.2) is 17.0 Å². The zero-order chi connectivity index (χ0) is 15.8. The molecule has 1 saturated heterocycles. The SMILES string of the molecule is CC(N)C1CCCCN1S(=O)(=O)c1c(Cl)cc(F)cc1Cl. The molecule has 0 bridgehead atoms. The molecule has 1 aromatic rings. The van der Waals surface area contributed by atoms with Gasteiger partial charge in [0.05, 0.1) is 10.0 Å². The average molecular weight is 355 g/mol. The molecule has 1 fully saturated rings. The van der Waals surface area contributed by atoms with E-state index in [1.54, 1.807) is 6.92 Å². The summed E-state index contributed by atoms with van der Waals surface area (Å²) < 4.78 is 40.3. The first-order valence-corrected chi connectivity index (χ1v) is 8.86. The van der Waals surface area contributed by atoms with Gasteiger partial charge in [0, 0.05) is 18.6 Å². The summed E-state index contributed by atoms with van der Waals surface area (Å²) in [4.78, 5) is -0.250. The van der Waals surface area contributed by atoms with Crippen LogP contribution in [-0.4, -0.2) is 31.4 Å². The smallest absolute Gasteiger partial charge is 0.246 e. The summed E-state index contributed by atoms with van der Waals surface area (Å²) >= 11 is 11.8. The van der Waals surface area contributed by atoms with Crippen molar-refractivity contribution >= 4 is 33.2 Å².